The fourth-order valence-corrected chi connectivity index (χ4v) is 0.907. The van der Waals surface area contributed by atoms with E-state index in [4.69, 9.17) is 36.4 Å². The molecule has 8 N–H and O–H groups in total. The second-order valence-corrected chi connectivity index (χ2v) is 3.16. The zero-order valence-corrected chi connectivity index (χ0v) is 7.67. The highest BCUT2D eigenvalue weighted by atomic mass is 16.7. The Morgan fingerprint density at radius 1 is 1.00 bits per heavy atom. The number of hydrogen-bond acceptors (Lipinski definition) is 7. The minimum absolute atomic E-state index is 0.117. The second-order valence-electron chi connectivity index (χ2n) is 3.16. The summed E-state index contributed by atoms with van der Waals surface area (Å²) in [4.78, 5) is 0. The summed E-state index contributed by atoms with van der Waals surface area (Å²) in [5.74, 6) is -7.13. The van der Waals surface area contributed by atoms with Gasteiger partial charge in [0.05, 0.1) is 0 Å². The van der Waals surface area contributed by atoms with Crippen LogP contribution in [0.5, 0.6) is 0 Å². The Morgan fingerprint density at radius 2 is 1.50 bits per heavy atom. The molecule has 0 aliphatic heterocycles. The van der Waals surface area contributed by atoms with Crippen LogP contribution in [0.2, 0.25) is 0 Å². The first-order valence-corrected chi connectivity index (χ1v) is 4.23. The van der Waals surface area contributed by atoms with Crippen molar-refractivity contribution in [3.63, 3.8) is 0 Å². The molecule has 0 aromatic carbocycles. The number of aliphatic hydroxyl groups is 6. The maximum atomic E-state index is 9.12. The van der Waals surface area contributed by atoms with Gasteiger partial charge in [0.15, 0.2) is 0 Å². The second kappa shape index (κ2) is 4.99. The molecule has 0 bridgehead atoms. The molecule has 14 heavy (non-hydrogen) atoms. The van der Waals surface area contributed by atoms with E-state index in [1.54, 1.807) is 0 Å². The summed E-state index contributed by atoms with van der Waals surface area (Å²) >= 11 is 0. The number of rotatable bonds is 6. The van der Waals surface area contributed by atoms with Crippen molar-refractivity contribution >= 4 is 0 Å². The molecule has 0 aromatic rings. The van der Waals surface area contributed by atoms with Gasteiger partial charge in [0.25, 0.3) is 5.79 Å². The summed E-state index contributed by atoms with van der Waals surface area (Å²) in [5.41, 5.74) is 5.15. The van der Waals surface area contributed by atoms with Gasteiger partial charge in [0, 0.05) is 0 Å². The van der Waals surface area contributed by atoms with Gasteiger partial charge in [-0.05, 0) is 25.8 Å². The van der Waals surface area contributed by atoms with Crippen molar-refractivity contribution in [1.82, 2.24) is 0 Å². The third-order valence-corrected chi connectivity index (χ3v) is 1.89. The molecule has 1 atom stereocenters. The van der Waals surface area contributed by atoms with Crippen molar-refractivity contribution in [2.75, 3.05) is 6.54 Å². The average Bonchev–Trinajstić information content (AvgIpc) is 2.02. The van der Waals surface area contributed by atoms with Crippen molar-refractivity contribution in [2.24, 2.45) is 5.73 Å². The van der Waals surface area contributed by atoms with Crippen molar-refractivity contribution in [1.29, 1.82) is 0 Å². The lowest BCUT2D eigenvalue weighted by molar-refractivity contribution is -0.464. The van der Waals surface area contributed by atoms with Crippen LogP contribution >= 0.6 is 0 Å². The molecule has 0 rings (SSSR count). The summed E-state index contributed by atoms with van der Waals surface area (Å²) in [5, 5.41) is 52.5. The van der Waals surface area contributed by atoms with E-state index in [9.17, 15) is 0 Å². The first-order valence-electron chi connectivity index (χ1n) is 4.23. The van der Waals surface area contributed by atoms with Gasteiger partial charge in [-0.1, -0.05) is 0 Å². The van der Waals surface area contributed by atoms with E-state index in [1.165, 1.54) is 0 Å². The molecule has 0 aromatic heterocycles. The van der Waals surface area contributed by atoms with E-state index in [1.807, 2.05) is 0 Å². The van der Waals surface area contributed by atoms with Crippen LogP contribution in [0.4, 0.5) is 0 Å². The third kappa shape index (κ3) is 3.46. The molecule has 7 nitrogen and oxygen atoms in total. The van der Waals surface area contributed by atoms with E-state index in [0.29, 0.717) is 19.4 Å². The van der Waals surface area contributed by atoms with Gasteiger partial charge in [0.1, 0.15) is 6.10 Å². The van der Waals surface area contributed by atoms with Crippen LogP contribution in [0.3, 0.4) is 0 Å². The molecule has 7 heteroatoms. The molecule has 0 spiro atoms. The molecular formula is C7H17NO6. The average molecular weight is 211 g/mol. The maximum absolute atomic E-state index is 9.12. The lowest BCUT2D eigenvalue weighted by Gasteiger charge is -2.33. The molecule has 1 unspecified atom stereocenters. The summed E-state index contributed by atoms with van der Waals surface area (Å²) < 4.78 is 0. The minimum Gasteiger partial charge on any atom is -0.387 e. The fraction of sp³-hybridized carbons (Fsp3) is 1.00. The molecule has 0 heterocycles. The SMILES string of the molecule is NCCCCC(O)C(O)(O)C(O)(O)O. The zero-order valence-electron chi connectivity index (χ0n) is 7.67. The fourth-order valence-electron chi connectivity index (χ4n) is 0.907. The standard InChI is InChI=1S/C7H17NO6/c8-4-2-1-3-5(9)6(10,11)7(12,13)14/h5,9-14H,1-4,8H2. The molecule has 0 radical (unpaired) electrons. The number of nitrogens with two attached hydrogens (primary N) is 1. The summed E-state index contributed by atoms with van der Waals surface area (Å²) in [7, 11) is 0. The molecule has 0 saturated carbocycles. The topological polar surface area (TPSA) is 147 Å². The predicted octanol–water partition coefficient (Wildman–Crippen LogP) is -3.21. The first-order chi connectivity index (χ1) is 6.23. The van der Waals surface area contributed by atoms with Gasteiger partial charge in [-0.2, -0.15) is 0 Å². The lowest BCUT2D eigenvalue weighted by Crippen LogP contribution is -2.61. The first kappa shape index (κ1) is 13.7. The van der Waals surface area contributed by atoms with Crippen LogP contribution in [-0.4, -0.2) is 55.0 Å². The highest BCUT2D eigenvalue weighted by Gasteiger charge is 2.51. The molecule has 0 aliphatic carbocycles. The highest BCUT2D eigenvalue weighted by Crippen LogP contribution is 2.21. The Hall–Kier alpha value is -0.280. The van der Waals surface area contributed by atoms with E-state index < -0.39 is 17.9 Å². The normalized spacial score (nSPS) is 15.6. The van der Waals surface area contributed by atoms with Crippen LogP contribution in [0, 0.1) is 0 Å². The van der Waals surface area contributed by atoms with Crippen LogP contribution in [0.1, 0.15) is 19.3 Å². The lowest BCUT2D eigenvalue weighted by atomic mass is 10.0. The summed E-state index contributed by atoms with van der Waals surface area (Å²) in [6.07, 6.45) is -1.07. The number of unbranched alkanes of at least 4 members (excludes halogenated alkanes) is 1. The van der Waals surface area contributed by atoms with Gasteiger partial charge in [-0.15, -0.1) is 0 Å². The Bertz CT molecular complexity index is 166. The molecule has 0 fully saturated rings. The van der Waals surface area contributed by atoms with Crippen LogP contribution in [0.15, 0.2) is 0 Å². The van der Waals surface area contributed by atoms with Crippen LogP contribution < -0.4 is 5.73 Å². The van der Waals surface area contributed by atoms with Gasteiger partial charge < -0.3 is 36.4 Å². The number of aliphatic hydroxyl groups excluding tert-OH is 1. The van der Waals surface area contributed by atoms with Crippen molar-refractivity contribution < 1.29 is 30.6 Å². The van der Waals surface area contributed by atoms with E-state index in [2.05, 4.69) is 0 Å². The number of hydrogen-bond donors (Lipinski definition) is 7. The molecule has 0 aliphatic rings. The Balaban J connectivity index is 4.15. The predicted molar refractivity (Wildman–Crippen MR) is 45.5 cm³/mol. The van der Waals surface area contributed by atoms with Crippen molar-refractivity contribution in [3.05, 3.63) is 0 Å². The largest absolute Gasteiger partial charge is 0.387 e. The molecule has 86 valence electrons. The monoisotopic (exact) mass is 211 g/mol. The van der Waals surface area contributed by atoms with E-state index in [-0.39, 0.29) is 6.42 Å². The maximum Gasteiger partial charge on any atom is 0.335 e. The minimum atomic E-state index is -3.75. The van der Waals surface area contributed by atoms with Crippen LogP contribution in [-0.2, 0) is 0 Å². The Labute approximate surface area is 81.0 Å². The van der Waals surface area contributed by atoms with Gasteiger partial charge in [-0.25, -0.2) is 0 Å². The Kier molecular flexibility index (Phi) is 4.89. The smallest absolute Gasteiger partial charge is 0.335 e. The molecule has 0 amide bonds. The summed E-state index contributed by atoms with van der Waals surface area (Å²) in [6, 6.07) is 0. The van der Waals surface area contributed by atoms with Gasteiger partial charge >= 0.3 is 5.97 Å². The van der Waals surface area contributed by atoms with E-state index >= 15 is 0 Å². The third-order valence-electron chi connectivity index (χ3n) is 1.89. The van der Waals surface area contributed by atoms with Gasteiger partial charge in [-0.3, -0.25) is 0 Å². The molecule has 0 saturated heterocycles. The Morgan fingerprint density at radius 3 is 1.86 bits per heavy atom. The quantitative estimate of drug-likeness (QED) is 0.181. The van der Waals surface area contributed by atoms with Crippen molar-refractivity contribution in [2.45, 2.75) is 37.1 Å². The molecular weight excluding hydrogens is 194 g/mol. The highest BCUT2D eigenvalue weighted by molar-refractivity contribution is 4.81. The van der Waals surface area contributed by atoms with Crippen molar-refractivity contribution in [3.8, 4) is 0 Å². The van der Waals surface area contributed by atoms with Crippen LogP contribution in [0.25, 0.3) is 0 Å². The summed E-state index contributed by atoms with van der Waals surface area (Å²) in [6.45, 7) is 0.374. The zero-order chi connectivity index (χ0) is 11.4. The van der Waals surface area contributed by atoms with Gasteiger partial charge in [0.2, 0.25) is 0 Å². The van der Waals surface area contributed by atoms with E-state index in [0.717, 1.165) is 0 Å².